The van der Waals surface area contributed by atoms with Crippen LogP contribution < -0.4 is 0 Å². The SMILES string of the molecule is Cc1nc(-c2ccccc2)c2cccc(-c3cccc4ccccc34)c2n1. The van der Waals surface area contributed by atoms with Crippen molar-refractivity contribution in [3.8, 4) is 22.4 Å². The Hall–Kier alpha value is -3.52. The van der Waals surface area contributed by atoms with E-state index in [1.807, 2.05) is 25.1 Å². The summed E-state index contributed by atoms with van der Waals surface area (Å²) in [4.78, 5) is 9.59. The normalized spacial score (nSPS) is 11.1. The molecule has 2 nitrogen and oxygen atoms in total. The molecule has 128 valence electrons. The molecule has 0 unspecified atom stereocenters. The highest BCUT2D eigenvalue weighted by atomic mass is 14.9. The third-order valence-electron chi connectivity index (χ3n) is 4.97. The van der Waals surface area contributed by atoms with E-state index in [2.05, 4.69) is 72.8 Å². The van der Waals surface area contributed by atoms with Gasteiger partial charge in [-0.2, -0.15) is 0 Å². The van der Waals surface area contributed by atoms with Crippen LogP contribution in [0.2, 0.25) is 0 Å². The monoisotopic (exact) mass is 346 g/mol. The van der Waals surface area contributed by atoms with Crippen LogP contribution in [-0.2, 0) is 0 Å². The van der Waals surface area contributed by atoms with Crippen molar-refractivity contribution in [2.45, 2.75) is 6.92 Å². The Labute approximate surface area is 158 Å². The molecule has 0 aliphatic carbocycles. The number of aromatic nitrogens is 2. The van der Waals surface area contributed by atoms with Crippen molar-refractivity contribution in [3.05, 3.63) is 96.8 Å². The Morgan fingerprint density at radius 3 is 2.11 bits per heavy atom. The molecule has 0 N–H and O–H groups in total. The number of fused-ring (bicyclic) bond motifs is 2. The fourth-order valence-corrected chi connectivity index (χ4v) is 3.76. The summed E-state index contributed by atoms with van der Waals surface area (Å²) in [6.07, 6.45) is 0. The van der Waals surface area contributed by atoms with Crippen LogP contribution in [0, 0.1) is 6.92 Å². The molecule has 5 aromatic rings. The minimum atomic E-state index is 0.786. The quantitative estimate of drug-likeness (QED) is 0.368. The first kappa shape index (κ1) is 15.7. The van der Waals surface area contributed by atoms with Crippen molar-refractivity contribution in [1.82, 2.24) is 9.97 Å². The van der Waals surface area contributed by atoms with Gasteiger partial charge in [-0.1, -0.05) is 91.0 Å². The lowest BCUT2D eigenvalue weighted by molar-refractivity contribution is 1.10. The molecule has 0 bridgehead atoms. The van der Waals surface area contributed by atoms with E-state index in [0.29, 0.717) is 0 Å². The standard InChI is InChI=1S/C25H18N2/c1-17-26-24(19-10-3-2-4-11-19)23-16-8-15-22(25(23)27-17)21-14-7-12-18-9-5-6-13-20(18)21/h2-16H,1H3. The van der Waals surface area contributed by atoms with Gasteiger partial charge in [0.25, 0.3) is 0 Å². The molecule has 0 radical (unpaired) electrons. The van der Waals surface area contributed by atoms with Crippen molar-refractivity contribution in [1.29, 1.82) is 0 Å². The zero-order valence-electron chi connectivity index (χ0n) is 15.1. The Kier molecular flexibility index (Phi) is 3.68. The maximum absolute atomic E-state index is 4.83. The van der Waals surface area contributed by atoms with Gasteiger partial charge in [0.15, 0.2) is 0 Å². The van der Waals surface area contributed by atoms with E-state index >= 15 is 0 Å². The number of benzene rings is 4. The molecule has 0 aliphatic rings. The average Bonchev–Trinajstić information content (AvgIpc) is 2.73. The highest BCUT2D eigenvalue weighted by Gasteiger charge is 2.13. The van der Waals surface area contributed by atoms with Crippen LogP contribution in [0.4, 0.5) is 0 Å². The zero-order chi connectivity index (χ0) is 18.2. The second kappa shape index (κ2) is 6.33. The highest BCUT2D eigenvalue weighted by molar-refractivity contribution is 6.06. The smallest absolute Gasteiger partial charge is 0.126 e. The molecule has 1 aromatic heterocycles. The topological polar surface area (TPSA) is 25.8 Å². The summed E-state index contributed by atoms with van der Waals surface area (Å²) in [5.74, 6) is 0.786. The second-order valence-corrected chi connectivity index (χ2v) is 6.71. The molecule has 2 heteroatoms. The molecular formula is C25H18N2. The van der Waals surface area contributed by atoms with Crippen molar-refractivity contribution in [2.75, 3.05) is 0 Å². The third-order valence-corrected chi connectivity index (χ3v) is 4.97. The van der Waals surface area contributed by atoms with Crippen molar-refractivity contribution < 1.29 is 0 Å². The van der Waals surface area contributed by atoms with Gasteiger partial charge < -0.3 is 0 Å². The summed E-state index contributed by atoms with van der Waals surface area (Å²) < 4.78 is 0. The molecule has 0 spiro atoms. The van der Waals surface area contributed by atoms with E-state index < -0.39 is 0 Å². The number of aryl methyl sites for hydroxylation is 1. The predicted octanol–water partition coefficient (Wildman–Crippen LogP) is 6.43. The minimum Gasteiger partial charge on any atom is -0.233 e. The number of nitrogens with zero attached hydrogens (tertiary/aromatic N) is 2. The molecule has 27 heavy (non-hydrogen) atoms. The van der Waals surface area contributed by atoms with Crippen LogP contribution in [0.3, 0.4) is 0 Å². The number of para-hydroxylation sites is 1. The first-order valence-electron chi connectivity index (χ1n) is 9.12. The maximum atomic E-state index is 4.83. The Morgan fingerprint density at radius 1 is 0.556 bits per heavy atom. The Bertz CT molecular complexity index is 1270. The molecule has 0 saturated carbocycles. The molecule has 0 atom stereocenters. The van der Waals surface area contributed by atoms with Crippen LogP contribution in [0.25, 0.3) is 44.1 Å². The van der Waals surface area contributed by atoms with Gasteiger partial charge in [0, 0.05) is 16.5 Å². The summed E-state index contributed by atoms with van der Waals surface area (Å²) in [6, 6.07) is 31.6. The molecule has 0 aliphatic heterocycles. The second-order valence-electron chi connectivity index (χ2n) is 6.71. The fraction of sp³-hybridized carbons (Fsp3) is 0.0400. The van der Waals surface area contributed by atoms with E-state index in [1.165, 1.54) is 16.3 Å². The average molecular weight is 346 g/mol. The Balaban J connectivity index is 1.86. The lowest BCUT2D eigenvalue weighted by Gasteiger charge is -2.13. The number of hydrogen-bond donors (Lipinski definition) is 0. The van der Waals surface area contributed by atoms with Crippen LogP contribution in [0.15, 0.2) is 91.0 Å². The van der Waals surface area contributed by atoms with Gasteiger partial charge in [0.2, 0.25) is 0 Å². The van der Waals surface area contributed by atoms with Gasteiger partial charge in [0.05, 0.1) is 11.2 Å². The van der Waals surface area contributed by atoms with Gasteiger partial charge >= 0.3 is 0 Å². The summed E-state index contributed by atoms with van der Waals surface area (Å²) in [6.45, 7) is 1.96. The number of hydrogen-bond acceptors (Lipinski definition) is 2. The molecule has 1 heterocycles. The molecular weight excluding hydrogens is 328 g/mol. The number of rotatable bonds is 2. The lowest BCUT2D eigenvalue weighted by atomic mass is 9.95. The first-order chi connectivity index (χ1) is 13.3. The fourth-order valence-electron chi connectivity index (χ4n) is 3.76. The van der Waals surface area contributed by atoms with E-state index in [4.69, 9.17) is 9.97 Å². The van der Waals surface area contributed by atoms with Crippen molar-refractivity contribution >= 4 is 21.7 Å². The van der Waals surface area contributed by atoms with E-state index in [-0.39, 0.29) is 0 Å². The first-order valence-corrected chi connectivity index (χ1v) is 9.12. The molecule has 0 amide bonds. The van der Waals surface area contributed by atoms with Gasteiger partial charge in [-0.3, -0.25) is 0 Å². The zero-order valence-corrected chi connectivity index (χ0v) is 15.1. The predicted molar refractivity (Wildman–Crippen MR) is 113 cm³/mol. The van der Waals surface area contributed by atoms with Gasteiger partial charge in [-0.05, 0) is 23.3 Å². The van der Waals surface area contributed by atoms with E-state index in [9.17, 15) is 0 Å². The lowest BCUT2D eigenvalue weighted by Crippen LogP contribution is -1.96. The highest BCUT2D eigenvalue weighted by Crippen LogP contribution is 2.35. The summed E-state index contributed by atoms with van der Waals surface area (Å²) in [5.41, 5.74) is 5.45. The summed E-state index contributed by atoms with van der Waals surface area (Å²) >= 11 is 0. The molecule has 0 saturated heterocycles. The molecule has 5 rings (SSSR count). The van der Waals surface area contributed by atoms with Crippen LogP contribution in [0.1, 0.15) is 5.82 Å². The molecule has 4 aromatic carbocycles. The van der Waals surface area contributed by atoms with Crippen molar-refractivity contribution in [2.24, 2.45) is 0 Å². The minimum absolute atomic E-state index is 0.786. The van der Waals surface area contributed by atoms with Crippen molar-refractivity contribution in [3.63, 3.8) is 0 Å². The van der Waals surface area contributed by atoms with Gasteiger partial charge in [0.1, 0.15) is 5.82 Å². The summed E-state index contributed by atoms with van der Waals surface area (Å²) in [5, 5.41) is 3.56. The van der Waals surface area contributed by atoms with Gasteiger partial charge in [-0.25, -0.2) is 9.97 Å². The summed E-state index contributed by atoms with van der Waals surface area (Å²) in [7, 11) is 0. The van der Waals surface area contributed by atoms with Crippen LogP contribution in [0.5, 0.6) is 0 Å². The molecule has 0 fully saturated rings. The van der Waals surface area contributed by atoms with Crippen LogP contribution >= 0.6 is 0 Å². The maximum Gasteiger partial charge on any atom is 0.126 e. The Morgan fingerprint density at radius 2 is 1.22 bits per heavy atom. The van der Waals surface area contributed by atoms with Crippen LogP contribution in [-0.4, -0.2) is 9.97 Å². The van der Waals surface area contributed by atoms with E-state index in [0.717, 1.165) is 33.5 Å². The largest absolute Gasteiger partial charge is 0.233 e. The third kappa shape index (κ3) is 2.67. The van der Waals surface area contributed by atoms with Gasteiger partial charge in [-0.15, -0.1) is 0 Å². The van der Waals surface area contributed by atoms with E-state index in [1.54, 1.807) is 0 Å².